The van der Waals surface area contributed by atoms with Gasteiger partial charge in [-0.15, -0.1) is 0 Å². The Morgan fingerprint density at radius 3 is 2.62 bits per heavy atom. The number of anilines is 1. The van der Waals surface area contributed by atoms with Gasteiger partial charge in [0, 0.05) is 25.1 Å². The summed E-state index contributed by atoms with van der Waals surface area (Å²) in [5, 5.41) is 7.39. The van der Waals surface area contributed by atoms with E-state index in [1.54, 1.807) is 0 Å². The molecule has 3 aliphatic rings. The summed E-state index contributed by atoms with van der Waals surface area (Å²) < 4.78 is 42.8. The first-order chi connectivity index (χ1) is 15.3. The summed E-state index contributed by atoms with van der Waals surface area (Å²) in [7, 11) is 0. The second-order valence-electron chi connectivity index (χ2n) is 9.54. The average Bonchev–Trinajstić information content (AvgIpc) is 3.22. The van der Waals surface area contributed by atoms with Gasteiger partial charge in [-0.25, -0.2) is 4.68 Å². The number of carbonyl (C=O) groups excluding carboxylic acids is 1. The van der Waals surface area contributed by atoms with E-state index in [1.165, 1.54) is 12.5 Å². The molecule has 1 saturated heterocycles. The normalized spacial score (nSPS) is 30.2. The van der Waals surface area contributed by atoms with Crippen molar-refractivity contribution in [1.29, 1.82) is 0 Å². The molecular formula is C24H29F3N4O. The van der Waals surface area contributed by atoms with Crippen molar-refractivity contribution in [2.24, 2.45) is 11.8 Å². The average molecular weight is 447 g/mol. The molecule has 5 nitrogen and oxygen atoms in total. The molecule has 8 heteroatoms. The fourth-order valence-corrected chi connectivity index (χ4v) is 5.89. The molecule has 5 rings (SSSR count). The van der Waals surface area contributed by atoms with Crippen LogP contribution in [0.1, 0.15) is 73.6 Å². The van der Waals surface area contributed by atoms with Gasteiger partial charge in [0.05, 0.1) is 6.04 Å². The molecule has 1 amide bonds. The first-order valence-corrected chi connectivity index (χ1v) is 11.6. The maximum Gasteiger partial charge on any atom is 0.410 e. The van der Waals surface area contributed by atoms with Crippen LogP contribution in [-0.2, 0) is 0 Å². The van der Waals surface area contributed by atoms with Crippen LogP contribution < -0.4 is 5.32 Å². The van der Waals surface area contributed by atoms with E-state index < -0.39 is 18.3 Å². The Kier molecular flexibility index (Phi) is 5.42. The molecule has 1 aliphatic carbocycles. The Morgan fingerprint density at radius 1 is 1.12 bits per heavy atom. The SMILES string of the molecule is C[C@H]1CCN(C(=O)c2cc3n(n2)[C@H](C(F)(F)F)C[C@H](c2ccccc2)N3)[C@H]2CCCC[C@H]12. The van der Waals surface area contributed by atoms with Crippen molar-refractivity contribution in [3.63, 3.8) is 0 Å². The maximum absolute atomic E-state index is 14.0. The number of rotatable bonds is 2. The summed E-state index contributed by atoms with van der Waals surface area (Å²) in [6.07, 6.45) is 0.671. The minimum atomic E-state index is -4.45. The molecule has 2 aliphatic heterocycles. The second kappa shape index (κ2) is 8.12. The fourth-order valence-electron chi connectivity index (χ4n) is 5.89. The highest BCUT2D eigenvalue weighted by molar-refractivity contribution is 5.93. The van der Waals surface area contributed by atoms with Crippen LogP contribution in [0.15, 0.2) is 36.4 Å². The van der Waals surface area contributed by atoms with Crippen LogP contribution in [-0.4, -0.2) is 39.4 Å². The van der Waals surface area contributed by atoms with Crippen LogP contribution in [0.4, 0.5) is 19.0 Å². The Labute approximate surface area is 186 Å². The van der Waals surface area contributed by atoms with Crippen LogP contribution in [0.2, 0.25) is 0 Å². The molecule has 5 atom stereocenters. The number of nitrogens with zero attached hydrogens (tertiary/aromatic N) is 3. The summed E-state index contributed by atoms with van der Waals surface area (Å²) in [4.78, 5) is 15.3. The number of carbonyl (C=O) groups is 1. The summed E-state index contributed by atoms with van der Waals surface area (Å²) >= 11 is 0. The van der Waals surface area contributed by atoms with Crippen molar-refractivity contribution in [1.82, 2.24) is 14.7 Å². The Hall–Kier alpha value is -2.51. The van der Waals surface area contributed by atoms with Gasteiger partial charge in [-0.05, 0) is 36.7 Å². The van der Waals surface area contributed by atoms with Crippen molar-refractivity contribution < 1.29 is 18.0 Å². The lowest BCUT2D eigenvalue weighted by atomic mass is 9.72. The highest BCUT2D eigenvalue weighted by Gasteiger charge is 2.47. The molecule has 0 bridgehead atoms. The summed E-state index contributed by atoms with van der Waals surface area (Å²) in [6, 6.07) is 8.53. The smallest absolute Gasteiger partial charge is 0.363 e. The third-order valence-corrected chi connectivity index (χ3v) is 7.61. The lowest BCUT2D eigenvalue weighted by Crippen LogP contribution is -2.52. The third-order valence-electron chi connectivity index (χ3n) is 7.61. The van der Waals surface area contributed by atoms with Crippen LogP contribution in [0, 0.1) is 11.8 Å². The molecule has 1 aromatic carbocycles. The summed E-state index contributed by atoms with van der Waals surface area (Å²) in [5.41, 5.74) is 0.895. The number of benzene rings is 1. The largest absolute Gasteiger partial charge is 0.410 e. The van der Waals surface area contributed by atoms with E-state index in [0.29, 0.717) is 18.4 Å². The number of nitrogens with one attached hydrogen (secondary N) is 1. The van der Waals surface area contributed by atoms with Crippen molar-refractivity contribution in [2.75, 3.05) is 11.9 Å². The molecule has 3 heterocycles. The fraction of sp³-hybridized carbons (Fsp3) is 0.583. The van der Waals surface area contributed by atoms with Gasteiger partial charge in [0.25, 0.3) is 5.91 Å². The Morgan fingerprint density at radius 2 is 1.88 bits per heavy atom. The second-order valence-corrected chi connectivity index (χ2v) is 9.54. The number of hydrogen-bond donors (Lipinski definition) is 1. The number of halogens is 3. The number of hydrogen-bond acceptors (Lipinski definition) is 3. The van der Waals surface area contributed by atoms with Gasteiger partial charge in [-0.1, -0.05) is 50.1 Å². The zero-order valence-electron chi connectivity index (χ0n) is 18.2. The van der Waals surface area contributed by atoms with Crippen LogP contribution in [0.3, 0.4) is 0 Å². The minimum absolute atomic E-state index is 0.106. The Balaban J connectivity index is 1.45. The van der Waals surface area contributed by atoms with Gasteiger partial charge in [-0.3, -0.25) is 4.79 Å². The quantitative estimate of drug-likeness (QED) is 0.655. The van der Waals surface area contributed by atoms with Crippen molar-refractivity contribution in [3.05, 3.63) is 47.7 Å². The van der Waals surface area contributed by atoms with Gasteiger partial charge in [-0.2, -0.15) is 18.3 Å². The molecule has 1 N–H and O–H groups in total. The van der Waals surface area contributed by atoms with E-state index in [2.05, 4.69) is 17.3 Å². The van der Waals surface area contributed by atoms with Crippen LogP contribution in [0.25, 0.3) is 0 Å². The first kappa shape index (κ1) is 21.3. The standard InChI is InChI=1S/C24H29F3N4O/c1-15-11-12-30(20-10-6-5-9-17(15)20)23(32)19-14-22-28-18(16-7-3-2-4-8-16)13-21(24(25,26)27)31(22)29-19/h2-4,7-8,14-15,17-18,20-21,28H,5-6,9-13H2,1H3/t15-,17+,18+,20-,21-/m0/s1. The molecule has 2 fully saturated rings. The molecule has 0 radical (unpaired) electrons. The molecule has 32 heavy (non-hydrogen) atoms. The van der Waals surface area contributed by atoms with Gasteiger partial charge in [0.15, 0.2) is 11.7 Å². The van der Waals surface area contributed by atoms with E-state index in [0.717, 1.165) is 35.9 Å². The predicted molar refractivity (Wildman–Crippen MR) is 115 cm³/mol. The van der Waals surface area contributed by atoms with Crippen LogP contribution in [0.5, 0.6) is 0 Å². The number of likely N-dealkylation sites (tertiary alicyclic amines) is 1. The first-order valence-electron chi connectivity index (χ1n) is 11.6. The number of aromatic nitrogens is 2. The lowest BCUT2D eigenvalue weighted by Gasteiger charge is -2.47. The predicted octanol–water partition coefficient (Wildman–Crippen LogP) is 5.58. The highest BCUT2D eigenvalue weighted by Crippen LogP contribution is 2.44. The monoisotopic (exact) mass is 446 g/mol. The number of fused-ring (bicyclic) bond motifs is 2. The van der Waals surface area contributed by atoms with Gasteiger partial charge in [0.1, 0.15) is 5.82 Å². The summed E-state index contributed by atoms with van der Waals surface area (Å²) in [5.74, 6) is 1.06. The van der Waals surface area contributed by atoms with Gasteiger partial charge in [0.2, 0.25) is 0 Å². The van der Waals surface area contributed by atoms with E-state index in [1.807, 2.05) is 35.2 Å². The minimum Gasteiger partial charge on any atom is -0.363 e. The number of amides is 1. The topological polar surface area (TPSA) is 50.2 Å². The molecular weight excluding hydrogens is 417 g/mol. The molecule has 2 aromatic rings. The molecule has 172 valence electrons. The van der Waals surface area contributed by atoms with Crippen molar-refractivity contribution in [2.45, 2.75) is 69.8 Å². The molecule has 1 aromatic heterocycles. The van der Waals surface area contributed by atoms with Crippen molar-refractivity contribution >= 4 is 11.7 Å². The lowest BCUT2D eigenvalue weighted by molar-refractivity contribution is -0.173. The molecule has 0 unspecified atom stereocenters. The van der Waals surface area contributed by atoms with Crippen molar-refractivity contribution in [3.8, 4) is 0 Å². The van der Waals surface area contributed by atoms with E-state index >= 15 is 0 Å². The van der Waals surface area contributed by atoms with E-state index in [9.17, 15) is 18.0 Å². The zero-order valence-corrected chi connectivity index (χ0v) is 18.2. The van der Waals surface area contributed by atoms with E-state index in [4.69, 9.17) is 0 Å². The van der Waals surface area contributed by atoms with Gasteiger partial charge >= 0.3 is 6.18 Å². The van der Waals surface area contributed by atoms with Crippen LogP contribution >= 0.6 is 0 Å². The molecule has 0 spiro atoms. The highest BCUT2D eigenvalue weighted by atomic mass is 19.4. The Bertz CT molecular complexity index is 973. The zero-order chi connectivity index (χ0) is 22.5. The van der Waals surface area contributed by atoms with Gasteiger partial charge < -0.3 is 10.2 Å². The number of alkyl halides is 3. The molecule has 1 saturated carbocycles. The number of piperidine rings is 1. The third kappa shape index (κ3) is 3.77. The van der Waals surface area contributed by atoms with E-state index in [-0.39, 0.29) is 29.9 Å². The summed E-state index contributed by atoms with van der Waals surface area (Å²) in [6.45, 7) is 2.90. The maximum atomic E-state index is 14.0.